The minimum atomic E-state index is -0.998. The van der Waals surface area contributed by atoms with E-state index in [1.54, 1.807) is 19.2 Å². The molecule has 8 nitrogen and oxygen atoms in total. The van der Waals surface area contributed by atoms with Crippen molar-refractivity contribution in [3.05, 3.63) is 68.3 Å². The summed E-state index contributed by atoms with van der Waals surface area (Å²) in [5.41, 5.74) is 2.34. The van der Waals surface area contributed by atoms with Crippen molar-refractivity contribution in [2.75, 3.05) is 6.61 Å². The van der Waals surface area contributed by atoms with E-state index >= 15 is 0 Å². The minimum Gasteiger partial charge on any atom is -0.464 e. The molecule has 1 atom stereocenters. The normalized spacial score (nSPS) is 12.4. The van der Waals surface area contributed by atoms with Crippen molar-refractivity contribution in [1.29, 1.82) is 0 Å². The van der Waals surface area contributed by atoms with E-state index in [1.165, 1.54) is 22.3 Å². The van der Waals surface area contributed by atoms with E-state index in [1.807, 2.05) is 20.8 Å². The molecule has 3 heterocycles. The number of fused-ring (bicyclic) bond motifs is 2. The van der Waals surface area contributed by atoms with E-state index in [4.69, 9.17) is 4.74 Å². The van der Waals surface area contributed by atoms with E-state index in [-0.39, 0.29) is 18.5 Å². The summed E-state index contributed by atoms with van der Waals surface area (Å²) in [7, 11) is 0. The fourth-order valence-electron chi connectivity index (χ4n) is 4.31. The standard InChI is InChI=1S/C24H26N4O4S/c1-5-7-19(23(30)32-6-2)28-22(29)16-12-25-9-8-18(16)27(24(28)31)13-17-21-15(4)10-14(3)11-20(21)33-26-17/h8-12,19H,5-7,13H2,1-4H3/t19-/m1/s1. The highest BCUT2D eigenvalue weighted by atomic mass is 32.1. The molecule has 0 spiro atoms. The first kappa shape index (κ1) is 22.8. The average Bonchev–Trinajstić information content (AvgIpc) is 3.19. The molecule has 0 unspecified atom stereocenters. The number of rotatable bonds is 7. The molecule has 0 amide bonds. The number of pyridine rings is 1. The maximum Gasteiger partial charge on any atom is 0.332 e. The van der Waals surface area contributed by atoms with Gasteiger partial charge in [0.15, 0.2) is 0 Å². The van der Waals surface area contributed by atoms with Crippen molar-refractivity contribution in [3.63, 3.8) is 0 Å². The van der Waals surface area contributed by atoms with Gasteiger partial charge in [-0.3, -0.25) is 14.3 Å². The first-order valence-electron chi connectivity index (χ1n) is 11.0. The Hall–Kier alpha value is -3.33. The third-order valence-corrected chi connectivity index (χ3v) is 6.53. The molecular formula is C24H26N4O4S. The maximum absolute atomic E-state index is 13.7. The van der Waals surface area contributed by atoms with Crippen LogP contribution in [0.3, 0.4) is 0 Å². The van der Waals surface area contributed by atoms with Gasteiger partial charge in [0, 0.05) is 17.8 Å². The number of benzene rings is 1. The number of esters is 1. The van der Waals surface area contributed by atoms with Gasteiger partial charge < -0.3 is 4.74 Å². The lowest BCUT2D eigenvalue weighted by atomic mass is 10.1. The molecule has 3 aromatic heterocycles. The lowest BCUT2D eigenvalue weighted by molar-refractivity contribution is -0.147. The molecule has 0 aliphatic rings. The quantitative estimate of drug-likeness (QED) is 0.385. The van der Waals surface area contributed by atoms with Crippen LogP contribution in [0.25, 0.3) is 21.0 Å². The largest absolute Gasteiger partial charge is 0.464 e. The van der Waals surface area contributed by atoms with E-state index in [0.29, 0.717) is 18.4 Å². The van der Waals surface area contributed by atoms with E-state index < -0.39 is 23.3 Å². The number of hydrogen-bond acceptors (Lipinski definition) is 7. The highest BCUT2D eigenvalue weighted by Crippen LogP contribution is 2.28. The first-order chi connectivity index (χ1) is 15.9. The van der Waals surface area contributed by atoms with Crippen LogP contribution in [-0.4, -0.2) is 31.1 Å². The molecule has 4 aromatic rings. The van der Waals surface area contributed by atoms with E-state index in [0.717, 1.165) is 31.5 Å². The Bertz CT molecular complexity index is 1470. The van der Waals surface area contributed by atoms with Gasteiger partial charge >= 0.3 is 11.7 Å². The number of ether oxygens (including phenoxy) is 1. The van der Waals surface area contributed by atoms with E-state index in [2.05, 4.69) is 21.5 Å². The fourth-order valence-corrected chi connectivity index (χ4v) is 5.27. The Balaban J connectivity index is 1.97. The lowest BCUT2D eigenvalue weighted by Crippen LogP contribution is -2.45. The van der Waals surface area contributed by atoms with Gasteiger partial charge in [-0.15, -0.1) is 0 Å². The van der Waals surface area contributed by atoms with Crippen molar-refractivity contribution < 1.29 is 9.53 Å². The molecule has 0 saturated carbocycles. The van der Waals surface area contributed by atoms with Crippen LogP contribution in [0.1, 0.15) is 49.6 Å². The Kier molecular flexibility index (Phi) is 6.42. The second-order valence-corrected chi connectivity index (χ2v) is 8.88. The van der Waals surface area contributed by atoms with Gasteiger partial charge in [-0.05, 0) is 62.0 Å². The van der Waals surface area contributed by atoms with Gasteiger partial charge in [0.1, 0.15) is 6.04 Å². The summed E-state index contributed by atoms with van der Waals surface area (Å²) < 4.78 is 13.4. The summed E-state index contributed by atoms with van der Waals surface area (Å²) in [5.74, 6) is -0.584. The molecule has 0 fully saturated rings. The fraction of sp³-hybridized carbons (Fsp3) is 0.375. The van der Waals surface area contributed by atoms with Gasteiger partial charge in [0.25, 0.3) is 5.56 Å². The number of carbonyl (C=O) groups excluding carboxylic acids is 1. The third kappa shape index (κ3) is 4.08. The van der Waals surface area contributed by atoms with Crippen molar-refractivity contribution in [1.82, 2.24) is 18.5 Å². The summed E-state index contributed by atoms with van der Waals surface area (Å²) in [6, 6.07) is 4.81. The van der Waals surface area contributed by atoms with Crippen molar-refractivity contribution >= 4 is 38.5 Å². The molecule has 0 aliphatic heterocycles. The molecule has 0 saturated heterocycles. The maximum atomic E-state index is 13.7. The van der Waals surface area contributed by atoms with Crippen molar-refractivity contribution in [2.24, 2.45) is 0 Å². The zero-order chi connectivity index (χ0) is 23.7. The number of nitrogens with zero attached hydrogens (tertiary/aromatic N) is 4. The Morgan fingerprint density at radius 3 is 2.73 bits per heavy atom. The Labute approximate surface area is 194 Å². The van der Waals surface area contributed by atoms with Gasteiger partial charge in [0.05, 0.1) is 34.4 Å². The number of carbonyl (C=O) groups is 1. The molecule has 172 valence electrons. The molecule has 1 aromatic carbocycles. The first-order valence-corrected chi connectivity index (χ1v) is 11.8. The smallest absolute Gasteiger partial charge is 0.332 e. The predicted octanol–water partition coefficient (Wildman–Crippen LogP) is 3.74. The van der Waals surface area contributed by atoms with Crippen molar-refractivity contribution in [2.45, 2.75) is 53.1 Å². The molecule has 0 bridgehead atoms. The van der Waals surface area contributed by atoms with Crippen LogP contribution >= 0.6 is 11.5 Å². The van der Waals surface area contributed by atoms with Crippen LogP contribution in [0.4, 0.5) is 0 Å². The summed E-state index contributed by atoms with van der Waals surface area (Å²) in [5, 5.41) is 1.28. The molecule has 9 heteroatoms. The summed E-state index contributed by atoms with van der Waals surface area (Å²) in [6.45, 7) is 7.99. The summed E-state index contributed by atoms with van der Waals surface area (Å²) in [6.07, 6.45) is 3.91. The minimum absolute atomic E-state index is 0.167. The second kappa shape index (κ2) is 9.27. The monoisotopic (exact) mass is 466 g/mol. The zero-order valence-electron chi connectivity index (χ0n) is 19.1. The van der Waals surface area contributed by atoms with E-state index in [9.17, 15) is 14.4 Å². The van der Waals surface area contributed by atoms with Gasteiger partial charge in [-0.1, -0.05) is 19.4 Å². The van der Waals surface area contributed by atoms with Crippen LogP contribution in [0.15, 0.2) is 40.2 Å². The lowest BCUT2D eigenvalue weighted by Gasteiger charge is -2.20. The zero-order valence-corrected chi connectivity index (χ0v) is 19.9. The van der Waals surface area contributed by atoms with Crippen LogP contribution in [-0.2, 0) is 16.1 Å². The van der Waals surface area contributed by atoms with Crippen LogP contribution in [0, 0.1) is 13.8 Å². The number of aromatic nitrogens is 4. The Morgan fingerprint density at radius 2 is 2.00 bits per heavy atom. The average molecular weight is 467 g/mol. The topological polar surface area (TPSA) is 96.1 Å². The molecule has 0 radical (unpaired) electrons. The predicted molar refractivity (Wildman–Crippen MR) is 129 cm³/mol. The summed E-state index contributed by atoms with van der Waals surface area (Å²) >= 11 is 1.39. The van der Waals surface area contributed by atoms with Gasteiger partial charge in [0.2, 0.25) is 0 Å². The summed E-state index contributed by atoms with van der Waals surface area (Å²) in [4.78, 5) is 43.8. The highest BCUT2D eigenvalue weighted by Gasteiger charge is 2.27. The number of hydrogen-bond donors (Lipinski definition) is 0. The Morgan fingerprint density at radius 1 is 1.21 bits per heavy atom. The van der Waals surface area contributed by atoms with Crippen molar-refractivity contribution in [3.8, 4) is 0 Å². The molecular weight excluding hydrogens is 440 g/mol. The SMILES string of the molecule is CCC[C@H](C(=O)OCC)n1c(=O)c2cnccc2n(Cc2nsc3cc(C)cc(C)c23)c1=O. The van der Waals surface area contributed by atoms with Crippen LogP contribution in [0.5, 0.6) is 0 Å². The van der Waals surface area contributed by atoms with Gasteiger partial charge in [-0.2, -0.15) is 4.37 Å². The molecule has 0 aliphatic carbocycles. The highest BCUT2D eigenvalue weighted by molar-refractivity contribution is 7.13. The van der Waals surface area contributed by atoms with Gasteiger partial charge in [-0.25, -0.2) is 14.2 Å². The van der Waals surface area contributed by atoms with Crippen LogP contribution in [0.2, 0.25) is 0 Å². The molecule has 33 heavy (non-hydrogen) atoms. The molecule has 0 N–H and O–H groups in total. The van der Waals surface area contributed by atoms with Crippen LogP contribution < -0.4 is 11.2 Å². The number of aryl methyl sites for hydroxylation is 2. The molecule has 4 rings (SSSR count). The third-order valence-electron chi connectivity index (χ3n) is 5.70. The second-order valence-electron chi connectivity index (χ2n) is 8.08.